The Balaban J connectivity index is 1.70. The number of nitrogens with zero attached hydrogens (tertiary/aromatic N) is 4. The molecule has 5 nitrogen and oxygen atoms in total. The van der Waals surface area contributed by atoms with Gasteiger partial charge in [-0.25, -0.2) is 4.99 Å². The fourth-order valence-corrected chi connectivity index (χ4v) is 6.61. The number of hydrogen-bond acceptors (Lipinski definition) is 6. The number of thioether (sulfide) groups is 2. The lowest BCUT2D eigenvalue weighted by Gasteiger charge is -2.22. The zero-order chi connectivity index (χ0) is 24.4. The smallest absolute Gasteiger partial charge is 0.269 e. The lowest BCUT2D eigenvalue weighted by molar-refractivity contribution is -0.122. The van der Waals surface area contributed by atoms with E-state index in [4.69, 9.17) is 16.6 Å². The van der Waals surface area contributed by atoms with Crippen LogP contribution in [0.15, 0.2) is 56.2 Å². The molecule has 0 aromatic heterocycles. The van der Waals surface area contributed by atoms with Gasteiger partial charge >= 0.3 is 0 Å². The van der Waals surface area contributed by atoms with Gasteiger partial charge in [0.1, 0.15) is 4.91 Å². The fourth-order valence-electron chi connectivity index (χ4n) is 4.10. The first-order valence-corrected chi connectivity index (χ1v) is 13.8. The average molecular weight is 515 g/mol. The molecule has 2 aromatic rings. The summed E-state index contributed by atoms with van der Waals surface area (Å²) in [5, 5.41) is 2.38. The summed E-state index contributed by atoms with van der Waals surface area (Å²) in [6.07, 6.45) is 1.95. The molecular weight excluding hydrogens is 484 g/mol. The molecule has 34 heavy (non-hydrogen) atoms. The van der Waals surface area contributed by atoms with Gasteiger partial charge in [-0.05, 0) is 80.9 Å². The molecule has 1 amide bonds. The van der Waals surface area contributed by atoms with E-state index in [1.165, 1.54) is 17.4 Å². The number of aliphatic imine (C=N–C) groups is 1. The molecule has 0 N–H and O–H groups in total. The van der Waals surface area contributed by atoms with Gasteiger partial charge in [-0.2, -0.15) is 0 Å². The van der Waals surface area contributed by atoms with Crippen LogP contribution in [0.25, 0.3) is 0 Å². The van der Waals surface area contributed by atoms with Crippen LogP contribution in [0.3, 0.4) is 0 Å². The Morgan fingerprint density at radius 1 is 1.06 bits per heavy atom. The van der Waals surface area contributed by atoms with E-state index in [9.17, 15) is 4.79 Å². The van der Waals surface area contributed by atoms with Gasteiger partial charge in [0.05, 0.1) is 16.4 Å². The Morgan fingerprint density at radius 3 is 2.50 bits per heavy atom. The Morgan fingerprint density at radius 2 is 1.82 bits per heavy atom. The average Bonchev–Trinajstić information content (AvgIpc) is 3.30. The predicted octanol–water partition coefficient (Wildman–Crippen LogP) is 7.27. The Bertz CT molecular complexity index is 1160. The third kappa shape index (κ3) is 4.83. The fraction of sp³-hybridized carbons (Fsp3) is 0.385. The minimum Gasteiger partial charge on any atom is -0.372 e. The Hall–Kier alpha value is -2.09. The molecule has 0 unspecified atom stereocenters. The molecule has 4 rings (SSSR count). The number of benzene rings is 2. The van der Waals surface area contributed by atoms with Crippen molar-refractivity contribution in [2.75, 3.05) is 36.5 Å². The van der Waals surface area contributed by atoms with Crippen molar-refractivity contribution >= 4 is 63.3 Å². The lowest BCUT2D eigenvalue weighted by Crippen LogP contribution is -2.30. The van der Waals surface area contributed by atoms with Crippen LogP contribution in [0.1, 0.15) is 39.2 Å². The summed E-state index contributed by atoms with van der Waals surface area (Å²) >= 11 is 9.32. The summed E-state index contributed by atoms with van der Waals surface area (Å²) in [6, 6.07) is 12.2. The van der Waals surface area contributed by atoms with Crippen molar-refractivity contribution in [2.24, 2.45) is 4.99 Å². The lowest BCUT2D eigenvalue weighted by atomic mass is 10.1. The molecule has 180 valence electrons. The first-order chi connectivity index (χ1) is 16.4. The van der Waals surface area contributed by atoms with Crippen LogP contribution in [0.2, 0.25) is 5.02 Å². The Labute approximate surface area is 216 Å². The standard InChI is InChI=1S/C26H31ClN4OS2/c1-6-9-14-31-24(32)23(25-29(5)21-16-18(27)10-13-22(21)33-25)34-26(31)28-20-12-11-19(15-17(20)4)30(7-2)8-3/h10-13,15-16H,6-9,14H2,1-5H3/b25-23-,28-26?. The molecule has 0 saturated carbocycles. The Kier molecular flexibility index (Phi) is 7.85. The second-order valence-corrected chi connectivity index (χ2v) is 10.8. The highest BCUT2D eigenvalue weighted by Gasteiger charge is 2.39. The van der Waals surface area contributed by atoms with Gasteiger partial charge in [-0.3, -0.25) is 9.69 Å². The first-order valence-electron chi connectivity index (χ1n) is 11.8. The third-order valence-corrected chi connectivity index (χ3v) is 8.78. The molecular formula is C26H31ClN4OS2. The largest absolute Gasteiger partial charge is 0.372 e. The quantitative estimate of drug-likeness (QED) is 0.363. The molecule has 2 aliphatic rings. The minimum atomic E-state index is 0.0304. The first kappa shape index (κ1) is 25.0. The second-order valence-electron chi connectivity index (χ2n) is 8.36. The van der Waals surface area contributed by atoms with Crippen molar-refractivity contribution in [3.63, 3.8) is 0 Å². The van der Waals surface area contributed by atoms with Crippen molar-refractivity contribution < 1.29 is 4.79 Å². The van der Waals surface area contributed by atoms with Gasteiger partial charge in [0.15, 0.2) is 5.17 Å². The van der Waals surface area contributed by atoms with E-state index in [-0.39, 0.29) is 5.91 Å². The topological polar surface area (TPSA) is 39.2 Å². The summed E-state index contributed by atoms with van der Waals surface area (Å²) < 4.78 is 0. The van der Waals surface area contributed by atoms with Crippen LogP contribution in [-0.2, 0) is 4.79 Å². The molecule has 0 aliphatic carbocycles. The number of halogens is 1. The third-order valence-electron chi connectivity index (χ3n) is 6.11. The molecule has 0 spiro atoms. The number of amidine groups is 1. The summed E-state index contributed by atoms with van der Waals surface area (Å²) in [7, 11) is 1.99. The van der Waals surface area contributed by atoms with Crippen LogP contribution in [-0.4, -0.2) is 42.7 Å². The van der Waals surface area contributed by atoms with Crippen LogP contribution >= 0.6 is 35.1 Å². The van der Waals surface area contributed by atoms with Crippen LogP contribution in [0, 0.1) is 6.92 Å². The van der Waals surface area contributed by atoms with Gasteiger partial charge in [0.2, 0.25) is 0 Å². The van der Waals surface area contributed by atoms with E-state index in [1.807, 2.05) is 30.1 Å². The molecule has 0 bridgehead atoms. The molecule has 2 aromatic carbocycles. The number of carbonyl (C=O) groups excluding carboxylic acids is 1. The number of anilines is 2. The highest BCUT2D eigenvalue weighted by Crippen LogP contribution is 2.50. The normalized spacial score (nSPS) is 18.9. The summed E-state index contributed by atoms with van der Waals surface area (Å²) in [6.45, 7) is 11.2. The van der Waals surface area contributed by atoms with E-state index < -0.39 is 0 Å². The maximum absolute atomic E-state index is 13.6. The molecule has 1 fully saturated rings. The number of rotatable bonds is 7. The number of aryl methyl sites for hydroxylation is 1. The van der Waals surface area contributed by atoms with Gasteiger partial charge in [-0.1, -0.05) is 36.7 Å². The van der Waals surface area contributed by atoms with E-state index in [1.54, 1.807) is 11.8 Å². The molecule has 1 saturated heterocycles. The van der Waals surface area contributed by atoms with Crippen molar-refractivity contribution in [1.82, 2.24) is 4.90 Å². The minimum absolute atomic E-state index is 0.0304. The summed E-state index contributed by atoms with van der Waals surface area (Å²) in [4.78, 5) is 26.6. The maximum Gasteiger partial charge on any atom is 0.269 e. The molecule has 2 heterocycles. The highest BCUT2D eigenvalue weighted by atomic mass is 35.5. The van der Waals surface area contributed by atoms with Crippen LogP contribution < -0.4 is 9.80 Å². The summed E-state index contributed by atoms with van der Waals surface area (Å²) in [5.41, 5.74) is 4.24. The van der Waals surface area contributed by atoms with E-state index in [2.05, 4.69) is 55.7 Å². The van der Waals surface area contributed by atoms with Gasteiger partial charge < -0.3 is 9.80 Å². The highest BCUT2D eigenvalue weighted by molar-refractivity contribution is 8.19. The zero-order valence-electron chi connectivity index (χ0n) is 20.4. The second kappa shape index (κ2) is 10.7. The summed E-state index contributed by atoms with van der Waals surface area (Å²) in [5.74, 6) is 0.0304. The molecule has 0 atom stereocenters. The predicted molar refractivity (Wildman–Crippen MR) is 149 cm³/mol. The zero-order valence-corrected chi connectivity index (χ0v) is 22.8. The monoisotopic (exact) mass is 514 g/mol. The molecule has 2 aliphatic heterocycles. The van der Waals surface area contributed by atoms with Crippen molar-refractivity contribution in [1.29, 1.82) is 0 Å². The number of carbonyl (C=O) groups is 1. The molecule has 8 heteroatoms. The van der Waals surface area contributed by atoms with Crippen molar-refractivity contribution in [2.45, 2.75) is 45.4 Å². The SMILES string of the molecule is CCCCN1C(=O)/C(=C2/Sc3ccc(Cl)cc3N2C)SC1=Nc1ccc(N(CC)CC)cc1C. The van der Waals surface area contributed by atoms with Gasteiger partial charge in [-0.15, -0.1) is 0 Å². The number of fused-ring (bicyclic) bond motifs is 1. The van der Waals surface area contributed by atoms with E-state index in [0.29, 0.717) is 11.6 Å². The van der Waals surface area contributed by atoms with Crippen molar-refractivity contribution in [3.8, 4) is 0 Å². The number of hydrogen-bond donors (Lipinski definition) is 0. The van der Waals surface area contributed by atoms with Crippen molar-refractivity contribution in [3.05, 3.63) is 56.9 Å². The number of unbranched alkanes of at least 4 members (excludes halogenated alkanes) is 1. The van der Waals surface area contributed by atoms with E-state index in [0.717, 1.165) is 62.9 Å². The van der Waals surface area contributed by atoms with Crippen LogP contribution in [0.4, 0.5) is 17.1 Å². The van der Waals surface area contributed by atoms with Gasteiger partial charge in [0.25, 0.3) is 5.91 Å². The number of amides is 1. The maximum atomic E-state index is 13.6. The molecule has 0 radical (unpaired) electrons. The van der Waals surface area contributed by atoms with E-state index >= 15 is 0 Å². The van der Waals surface area contributed by atoms with Gasteiger partial charge in [0, 0.05) is 42.3 Å². The van der Waals surface area contributed by atoms with Crippen LogP contribution in [0.5, 0.6) is 0 Å².